The van der Waals surface area contributed by atoms with E-state index >= 15 is 0 Å². The van der Waals surface area contributed by atoms with Crippen LogP contribution in [0.4, 0.5) is 11.4 Å². The number of carbonyl (C=O) groups is 1. The molecular weight excluding hydrogens is 434 g/mol. The van der Waals surface area contributed by atoms with Crippen molar-refractivity contribution in [2.75, 3.05) is 37.9 Å². The number of aromatic nitrogens is 1. The van der Waals surface area contributed by atoms with E-state index in [9.17, 15) is 4.79 Å². The zero-order valence-corrected chi connectivity index (χ0v) is 20.3. The Morgan fingerprint density at radius 1 is 1.06 bits per heavy atom. The van der Waals surface area contributed by atoms with E-state index in [2.05, 4.69) is 41.2 Å². The molecule has 1 aliphatic rings. The van der Waals surface area contributed by atoms with Gasteiger partial charge in [-0.1, -0.05) is 36.4 Å². The number of fused-ring (bicyclic) bond motifs is 1. The van der Waals surface area contributed by atoms with Gasteiger partial charge >= 0.3 is 0 Å². The quantitative estimate of drug-likeness (QED) is 0.247. The van der Waals surface area contributed by atoms with Crippen LogP contribution in [0.25, 0.3) is 22.0 Å². The van der Waals surface area contributed by atoms with Crippen LogP contribution < -0.4 is 10.6 Å². The lowest BCUT2D eigenvalue weighted by atomic mass is 9.96. The number of ketones is 1. The normalized spacial score (nSPS) is 13.2. The fourth-order valence-corrected chi connectivity index (χ4v) is 4.58. The van der Waals surface area contributed by atoms with Crippen molar-refractivity contribution >= 4 is 28.1 Å². The smallest absolute Gasteiger partial charge is 0.168 e. The molecule has 2 N–H and O–H groups in total. The van der Waals surface area contributed by atoms with Crippen LogP contribution in [0.1, 0.15) is 40.2 Å². The third-order valence-electron chi connectivity index (χ3n) is 6.81. The third kappa shape index (κ3) is 5.05. The van der Waals surface area contributed by atoms with Gasteiger partial charge in [0.2, 0.25) is 0 Å². The molecule has 5 heteroatoms. The van der Waals surface area contributed by atoms with E-state index in [1.54, 1.807) is 13.3 Å². The highest BCUT2D eigenvalue weighted by Gasteiger charge is 2.28. The van der Waals surface area contributed by atoms with Crippen LogP contribution in [0.15, 0.2) is 72.9 Å². The van der Waals surface area contributed by atoms with Crippen LogP contribution in [-0.4, -0.2) is 38.1 Å². The maximum absolute atomic E-state index is 13.3. The molecule has 4 aromatic rings. The standard InChI is InChI=1S/C30H31N3O2/c1-33(12-13-35-2)29-18-28-24(16-26(29)21-8-9-21)15-25(19-32-28)30(34)17-23-14-22(10-11-27(23)31)20-6-4-3-5-7-20/h3-7,10-11,14-16,18-19,21H,8-9,12-13,17,31H2,1-2H3. The zero-order valence-electron chi connectivity index (χ0n) is 20.3. The van der Waals surface area contributed by atoms with Crippen LogP contribution in [-0.2, 0) is 11.2 Å². The molecule has 0 bridgehead atoms. The average Bonchev–Trinajstić information content (AvgIpc) is 3.73. The van der Waals surface area contributed by atoms with E-state index in [0.717, 1.165) is 34.1 Å². The summed E-state index contributed by atoms with van der Waals surface area (Å²) in [6.07, 6.45) is 4.35. The molecule has 178 valence electrons. The molecule has 1 aliphatic carbocycles. The van der Waals surface area contributed by atoms with Crippen LogP contribution in [0.5, 0.6) is 0 Å². The van der Waals surface area contributed by atoms with Gasteiger partial charge in [0.1, 0.15) is 0 Å². The number of likely N-dealkylation sites (N-methyl/N-ethyl adjacent to an activating group) is 1. The number of hydrogen-bond acceptors (Lipinski definition) is 5. The Labute approximate surface area is 206 Å². The Bertz CT molecular complexity index is 1360. The molecule has 0 atom stereocenters. The summed E-state index contributed by atoms with van der Waals surface area (Å²) in [6, 6.07) is 22.4. The Kier molecular flexibility index (Phi) is 6.51. The second-order valence-corrected chi connectivity index (χ2v) is 9.40. The van der Waals surface area contributed by atoms with Crippen molar-refractivity contribution in [1.82, 2.24) is 4.98 Å². The van der Waals surface area contributed by atoms with Crippen molar-refractivity contribution in [3.63, 3.8) is 0 Å². The number of hydrogen-bond donors (Lipinski definition) is 1. The van der Waals surface area contributed by atoms with Gasteiger partial charge in [0.15, 0.2) is 5.78 Å². The number of nitrogens with zero attached hydrogens (tertiary/aromatic N) is 2. The molecule has 0 saturated heterocycles. The second-order valence-electron chi connectivity index (χ2n) is 9.40. The van der Waals surface area contributed by atoms with Crippen LogP contribution >= 0.6 is 0 Å². The lowest BCUT2D eigenvalue weighted by Crippen LogP contribution is -2.23. The first-order valence-electron chi connectivity index (χ1n) is 12.1. The summed E-state index contributed by atoms with van der Waals surface area (Å²) < 4.78 is 5.27. The lowest BCUT2D eigenvalue weighted by Gasteiger charge is -2.23. The number of rotatable bonds is 9. The molecule has 1 heterocycles. The number of anilines is 2. The summed E-state index contributed by atoms with van der Waals surface area (Å²) in [5, 5.41) is 1.01. The van der Waals surface area contributed by atoms with Gasteiger partial charge in [0.25, 0.3) is 0 Å². The largest absolute Gasteiger partial charge is 0.398 e. The Morgan fingerprint density at radius 3 is 2.60 bits per heavy atom. The predicted molar refractivity (Wildman–Crippen MR) is 143 cm³/mol. The fourth-order valence-electron chi connectivity index (χ4n) is 4.58. The van der Waals surface area contributed by atoms with Crippen molar-refractivity contribution in [2.24, 2.45) is 0 Å². The monoisotopic (exact) mass is 465 g/mol. The molecular formula is C30H31N3O2. The molecule has 5 rings (SSSR count). The third-order valence-corrected chi connectivity index (χ3v) is 6.81. The maximum atomic E-state index is 13.3. The summed E-state index contributed by atoms with van der Waals surface area (Å²) in [5.74, 6) is 0.602. The van der Waals surface area contributed by atoms with Gasteiger partial charge in [-0.3, -0.25) is 9.78 Å². The van der Waals surface area contributed by atoms with Crippen LogP contribution in [0.3, 0.4) is 0 Å². The Hall–Kier alpha value is -3.70. The SMILES string of the molecule is COCCN(C)c1cc2ncc(C(=O)Cc3cc(-c4ccccc4)ccc3N)cc2cc1C1CC1. The molecule has 5 nitrogen and oxygen atoms in total. The first kappa shape index (κ1) is 23.1. The Morgan fingerprint density at radius 2 is 1.86 bits per heavy atom. The van der Waals surface area contributed by atoms with Crippen molar-refractivity contribution in [3.05, 3.63) is 89.6 Å². The van der Waals surface area contributed by atoms with Crippen LogP contribution in [0.2, 0.25) is 0 Å². The fraction of sp³-hybridized carbons (Fsp3) is 0.267. The van der Waals surface area contributed by atoms with Gasteiger partial charge in [-0.25, -0.2) is 0 Å². The number of carbonyl (C=O) groups excluding carboxylic acids is 1. The van der Waals surface area contributed by atoms with Gasteiger partial charge in [-0.2, -0.15) is 0 Å². The highest BCUT2D eigenvalue weighted by Crippen LogP contribution is 2.45. The van der Waals surface area contributed by atoms with Gasteiger partial charge in [-0.05, 0) is 71.3 Å². The molecule has 1 aromatic heterocycles. The summed E-state index contributed by atoms with van der Waals surface area (Å²) in [5.41, 5.74) is 13.9. The number of methoxy groups -OCH3 is 1. The van der Waals surface area contributed by atoms with Gasteiger partial charge in [-0.15, -0.1) is 0 Å². The maximum Gasteiger partial charge on any atom is 0.168 e. The number of nitrogens with two attached hydrogens (primary N) is 1. The number of benzene rings is 3. The highest BCUT2D eigenvalue weighted by molar-refractivity contribution is 6.01. The number of nitrogen functional groups attached to an aromatic ring is 1. The van der Waals surface area contributed by atoms with E-state index in [0.29, 0.717) is 23.8 Å². The molecule has 0 aliphatic heterocycles. The second kappa shape index (κ2) is 9.88. The molecule has 1 fully saturated rings. The summed E-state index contributed by atoms with van der Waals surface area (Å²) in [6.45, 7) is 1.50. The molecule has 0 spiro atoms. The van der Waals surface area contributed by atoms with E-state index in [4.69, 9.17) is 10.5 Å². The Balaban J connectivity index is 1.43. The first-order valence-corrected chi connectivity index (χ1v) is 12.1. The van der Waals surface area contributed by atoms with Crippen molar-refractivity contribution < 1.29 is 9.53 Å². The molecule has 0 amide bonds. The molecule has 3 aromatic carbocycles. The number of ether oxygens (including phenoxy) is 1. The molecule has 0 radical (unpaired) electrons. The molecule has 35 heavy (non-hydrogen) atoms. The minimum Gasteiger partial charge on any atom is -0.398 e. The molecule has 1 saturated carbocycles. The van der Waals surface area contributed by atoms with Crippen molar-refractivity contribution in [3.8, 4) is 11.1 Å². The highest BCUT2D eigenvalue weighted by atomic mass is 16.5. The van der Waals surface area contributed by atoms with Crippen molar-refractivity contribution in [2.45, 2.75) is 25.2 Å². The average molecular weight is 466 g/mol. The van der Waals surface area contributed by atoms with E-state index < -0.39 is 0 Å². The van der Waals surface area contributed by atoms with Crippen molar-refractivity contribution in [1.29, 1.82) is 0 Å². The summed E-state index contributed by atoms with van der Waals surface area (Å²) >= 11 is 0. The van der Waals surface area contributed by atoms with Gasteiger partial charge < -0.3 is 15.4 Å². The zero-order chi connectivity index (χ0) is 24.4. The van der Waals surface area contributed by atoms with E-state index in [-0.39, 0.29) is 12.2 Å². The minimum absolute atomic E-state index is 0.0190. The number of pyridine rings is 1. The number of Topliss-reactive ketones (excluding diaryl/α,β-unsaturated/α-hetero) is 1. The van der Waals surface area contributed by atoms with Gasteiger partial charge in [0.05, 0.1) is 12.1 Å². The lowest BCUT2D eigenvalue weighted by molar-refractivity contribution is 0.0993. The van der Waals surface area contributed by atoms with E-state index in [1.807, 2.05) is 42.5 Å². The first-order chi connectivity index (χ1) is 17.0. The van der Waals surface area contributed by atoms with E-state index in [1.165, 1.54) is 24.1 Å². The van der Waals surface area contributed by atoms with Crippen LogP contribution in [0, 0.1) is 0 Å². The minimum atomic E-state index is 0.0190. The summed E-state index contributed by atoms with van der Waals surface area (Å²) in [4.78, 5) is 20.2. The summed E-state index contributed by atoms with van der Waals surface area (Å²) in [7, 11) is 3.82. The molecule has 0 unspecified atom stereocenters. The predicted octanol–water partition coefficient (Wildman–Crippen LogP) is 5.87. The topological polar surface area (TPSA) is 68.5 Å². The van der Waals surface area contributed by atoms with Gasteiger partial charge in [0, 0.05) is 55.6 Å².